The second kappa shape index (κ2) is 9.61. The smallest absolute Gasteiger partial charge is 0.267 e. The highest BCUT2D eigenvalue weighted by Gasteiger charge is 2.36. The summed E-state index contributed by atoms with van der Waals surface area (Å²) >= 11 is 6.85. The molecule has 6 rings (SSSR count). The molecule has 0 bridgehead atoms. The Balaban J connectivity index is 1.43. The number of thioether (sulfide) groups is 1. The van der Waals surface area contributed by atoms with Crippen LogP contribution in [0, 0.1) is 0 Å². The van der Waals surface area contributed by atoms with Gasteiger partial charge in [0.2, 0.25) is 0 Å². The van der Waals surface area contributed by atoms with Crippen LogP contribution in [-0.4, -0.2) is 31.1 Å². The standard InChI is InChI=1S/C29H24N4O2S2/c1-19(20-9-3-2-4-10-20)33-28(35)24(37-29(33)36)17-23-26(30-25-13-7-8-15-32(25)27(23)34)31-16-14-21-11-5-6-12-22(21)18-31/h2-13,15,17,19H,14,16,18H2,1H3/b24-17-. The minimum Gasteiger partial charge on any atom is -0.351 e. The summed E-state index contributed by atoms with van der Waals surface area (Å²) in [4.78, 5) is 36.4. The molecule has 1 saturated heterocycles. The predicted molar refractivity (Wildman–Crippen MR) is 153 cm³/mol. The van der Waals surface area contributed by atoms with E-state index >= 15 is 0 Å². The maximum absolute atomic E-state index is 13.7. The summed E-state index contributed by atoms with van der Waals surface area (Å²) in [7, 11) is 0. The van der Waals surface area contributed by atoms with Gasteiger partial charge in [0.25, 0.3) is 11.5 Å². The second-order valence-corrected chi connectivity index (χ2v) is 10.8. The lowest BCUT2D eigenvalue weighted by Gasteiger charge is -2.30. The number of thiocarbonyl (C=S) groups is 1. The van der Waals surface area contributed by atoms with Crippen LogP contribution in [-0.2, 0) is 17.8 Å². The van der Waals surface area contributed by atoms with Crippen molar-refractivity contribution in [3.8, 4) is 0 Å². The molecular weight excluding hydrogens is 500 g/mol. The molecule has 1 fully saturated rings. The maximum atomic E-state index is 13.7. The van der Waals surface area contributed by atoms with Crippen molar-refractivity contribution in [1.82, 2.24) is 14.3 Å². The van der Waals surface area contributed by atoms with Crippen LogP contribution in [0.2, 0.25) is 0 Å². The Morgan fingerprint density at radius 3 is 2.51 bits per heavy atom. The number of rotatable bonds is 4. The summed E-state index contributed by atoms with van der Waals surface area (Å²) in [6.07, 6.45) is 4.25. The zero-order valence-electron chi connectivity index (χ0n) is 20.2. The molecular formula is C29H24N4O2S2. The Labute approximate surface area is 224 Å². The third kappa shape index (κ3) is 4.26. The predicted octanol–water partition coefficient (Wildman–Crippen LogP) is 5.22. The van der Waals surface area contributed by atoms with Crippen molar-refractivity contribution in [2.75, 3.05) is 11.4 Å². The van der Waals surface area contributed by atoms with Crippen molar-refractivity contribution in [3.05, 3.63) is 117 Å². The van der Waals surface area contributed by atoms with Gasteiger partial charge in [-0.05, 0) is 48.2 Å². The quantitative estimate of drug-likeness (QED) is 0.270. The minimum absolute atomic E-state index is 0.196. The van der Waals surface area contributed by atoms with Gasteiger partial charge in [0, 0.05) is 19.3 Å². The van der Waals surface area contributed by atoms with E-state index in [4.69, 9.17) is 17.2 Å². The number of nitrogens with zero attached hydrogens (tertiary/aromatic N) is 4. The largest absolute Gasteiger partial charge is 0.351 e. The molecule has 1 atom stereocenters. The topological polar surface area (TPSA) is 57.9 Å². The number of anilines is 1. The van der Waals surface area contributed by atoms with E-state index in [1.807, 2.05) is 55.5 Å². The molecule has 6 nitrogen and oxygen atoms in total. The molecule has 1 unspecified atom stereocenters. The van der Waals surface area contributed by atoms with E-state index in [1.165, 1.54) is 27.3 Å². The molecule has 2 aliphatic heterocycles. The molecule has 0 saturated carbocycles. The van der Waals surface area contributed by atoms with Crippen molar-refractivity contribution in [2.24, 2.45) is 0 Å². The van der Waals surface area contributed by atoms with Crippen molar-refractivity contribution in [3.63, 3.8) is 0 Å². The fourth-order valence-corrected chi connectivity index (χ4v) is 6.36. The number of hydrogen-bond donors (Lipinski definition) is 0. The van der Waals surface area contributed by atoms with Gasteiger partial charge in [0.1, 0.15) is 15.8 Å². The molecule has 2 aromatic carbocycles. The number of carbonyl (C=O) groups is 1. The fraction of sp³-hybridized carbons (Fsp3) is 0.172. The lowest BCUT2D eigenvalue weighted by molar-refractivity contribution is -0.123. The molecule has 2 aromatic heterocycles. The van der Waals surface area contributed by atoms with Crippen molar-refractivity contribution in [1.29, 1.82) is 0 Å². The first kappa shape index (κ1) is 23.6. The Morgan fingerprint density at radius 2 is 1.70 bits per heavy atom. The van der Waals surface area contributed by atoms with Crippen LogP contribution in [0.1, 0.15) is 35.2 Å². The molecule has 4 heterocycles. The summed E-state index contributed by atoms with van der Waals surface area (Å²) in [5.41, 5.74) is 4.30. The monoisotopic (exact) mass is 524 g/mol. The third-order valence-electron chi connectivity index (χ3n) is 6.95. The van der Waals surface area contributed by atoms with Crippen LogP contribution in [0.5, 0.6) is 0 Å². The zero-order valence-corrected chi connectivity index (χ0v) is 21.8. The van der Waals surface area contributed by atoms with E-state index in [0.717, 1.165) is 18.5 Å². The summed E-state index contributed by atoms with van der Waals surface area (Å²) in [5.74, 6) is 0.394. The van der Waals surface area contributed by atoms with Gasteiger partial charge in [-0.3, -0.25) is 18.9 Å². The molecule has 2 aliphatic rings. The van der Waals surface area contributed by atoms with Gasteiger partial charge in [-0.2, -0.15) is 0 Å². The Bertz CT molecular complexity index is 1630. The van der Waals surface area contributed by atoms with Gasteiger partial charge in [-0.25, -0.2) is 4.98 Å². The van der Waals surface area contributed by atoms with E-state index in [1.54, 1.807) is 23.2 Å². The van der Waals surface area contributed by atoms with Crippen LogP contribution in [0.3, 0.4) is 0 Å². The van der Waals surface area contributed by atoms with E-state index in [9.17, 15) is 9.59 Å². The summed E-state index contributed by atoms with van der Waals surface area (Å²) in [6.45, 7) is 3.35. The Kier molecular flexibility index (Phi) is 6.14. The van der Waals surface area contributed by atoms with Crippen LogP contribution >= 0.6 is 24.0 Å². The van der Waals surface area contributed by atoms with E-state index < -0.39 is 0 Å². The third-order valence-corrected chi connectivity index (χ3v) is 8.28. The number of benzene rings is 2. The number of amides is 1. The molecule has 0 N–H and O–H groups in total. The van der Waals surface area contributed by atoms with Crippen LogP contribution in [0.25, 0.3) is 11.7 Å². The Morgan fingerprint density at radius 1 is 0.973 bits per heavy atom. The van der Waals surface area contributed by atoms with Crippen molar-refractivity contribution < 1.29 is 4.79 Å². The number of pyridine rings is 1. The first-order chi connectivity index (χ1) is 18.0. The first-order valence-electron chi connectivity index (χ1n) is 12.2. The van der Waals surface area contributed by atoms with Gasteiger partial charge in [0.05, 0.1) is 16.5 Å². The Hall–Kier alpha value is -3.75. The fourth-order valence-electron chi connectivity index (χ4n) is 4.96. The average Bonchev–Trinajstić information content (AvgIpc) is 3.22. The highest BCUT2D eigenvalue weighted by molar-refractivity contribution is 8.26. The summed E-state index contributed by atoms with van der Waals surface area (Å²) in [5, 5.41) is 0. The van der Waals surface area contributed by atoms with E-state index in [0.29, 0.717) is 32.8 Å². The molecule has 1 amide bonds. The van der Waals surface area contributed by atoms with Crippen LogP contribution in [0.4, 0.5) is 5.82 Å². The normalized spacial score (nSPS) is 17.5. The zero-order chi connectivity index (χ0) is 25.5. The second-order valence-electron chi connectivity index (χ2n) is 9.16. The SMILES string of the molecule is CC(c1ccccc1)N1C(=O)/C(=C/c2c(N3CCc4ccccc4C3)nc3ccccn3c2=O)SC1=S. The lowest BCUT2D eigenvalue weighted by atomic mass is 9.99. The molecule has 4 aromatic rings. The maximum Gasteiger partial charge on any atom is 0.267 e. The van der Waals surface area contributed by atoms with Crippen LogP contribution in [0.15, 0.2) is 88.7 Å². The lowest BCUT2D eigenvalue weighted by Crippen LogP contribution is -2.34. The number of fused-ring (bicyclic) bond motifs is 2. The summed E-state index contributed by atoms with van der Waals surface area (Å²) in [6, 6.07) is 23.4. The van der Waals surface area contributed by atoms with Gasteiger partial charge in [0.15, 0.2) is 0 Å². The molecule has 37 heavy (non-hydrogen) atoms. The highest BCUT2D eigenvalue weighted by atomic mass is 32.2. The number of hydrogen-bond acceptors (Lipinski definition) is 6. The molecule has 0 spiro atoms. The molecule has 0 aliphatic carbocycles. The first-order valence-corrected chi connectivity index (χ1v) is 13.4. The van der Waals surface area contributed by atoms with Gasteiger partial charge >= 0.3 is 0 Å². The number of aromatic nitrogens is 2. The van der Waals surface area contributed by atoms with Crippen molar-refractivity contribution >= 4 is 51.7 Å². The number of carbonyl (C=O) groups excluding carboxylic acids is 1. The summed E-state index contributed by atoms with van der Waals surface area (Å²) < 4.78 is 2.01. The molecule has 8 heteroatoms. The van der Waals surface area contributed by atoms with Gasteiger partial charge < -0.3 is 4.90 Å². The van der Waals surface area contributed by atoms with Gasteiger partial charge in [-0.1, -0.05) is 84.6 Å². The highest BCUT2D eigenvalue weighted by Crippen LogP contribution is 2.38. The van der Waals surface area contributed by atoms with Gasteiger partial charge in [-0.15, -0.1) is 0 Å². The minimum atomic E-state index is -0.214. The van der Waals surface area contributed by atoms with Crippen LogP contribution < -0.4 is 10.5 Å². The van der Waals surface area contributed by atoms with E-state index in [2.05, 4.69) is 23.1 Å². The molecule has 184 valence electrons. The average molecular weight is 525 g/mol. The van der Waals surface area contributed by atoms with E-state index in [-0.39, 0.29) is 17.5 Å². The van der Waals surface area contributed by atoms with Crippen molar-refractivity contribution in [2.45, 2.75) is 25.9 Å². The molecule has 0 radical (unpaired) electrons.